The summed E-state index contributed by atoms with van der Waals surface area (Å²) in [5, 5.41) is 0. The fourth-order valence-corrected chi connectivity index (χ4v) is 0. The van der Waals surface area contributed by atoms with Crippen molar-refractivity contribution in [3.8, 4) is 0 Å². The van der Waals surface area contributed by atoms with Crippen LogP contribution in [-0.2, 0) is 18.6 Å². The van der Waals surface area contributed by atoms with Crippen molar-refractivity contribution in [3.63, 3.8) is 0 Å². The molecule has 0 aromatic carbocycles. The van der Waals surface area contributed by atoms with Crippen molar-refractivity contribution in [1.29, 1.82) is 0 Å². The second-order valence-electron chi connectivity index (χ2n) is 0. The summed E-state index contributed by atoms with van der Waals surface area (Å²) in [6, 6.07) is 0. The monoisotopic (exact) mass is 102 g/mol. The van der Waals surface area contributed by atoms with Crippen LogP contribution in [0.15, 0.2) is 0 Å². The predicted molar refractivity (Wildman–Crippen MR) is 15.4 cm³/mol. The Bertz CT molecular complexity index is 8.00. The molecule has 4 heavy (non-hydrogen) atoms. The molecule has 2 nitrogen and oxygen atoms in total. The molecule has 1 radical (unpaired) electrons. The minimum absolute atomic E-state index is 0. The van der Waals surface area contributed by atoms with Gasteiger partial charge < -0.3 is 11.6 Å². The first kappa shape index (κ1) is 217. The largest absolute Gasteiger partial charge is 0.412 e. The van der Waals surface area contributed by atoms with Crippen molar-refractivity contribution in [1.82, 2.24) is 6.15 Å². The second-order valence-corrected chi connectivity index (χ2v) is 0. The van der Waals surface area contributed by atoms with Crippen LogP contribution < -0.4 is 6.15 Å². The maximum Gasteiger partial charge on any atom is 0 e. The normalized spacial score (nSPS) is 0. The van der Waals surface area contributed by atoms with E-state index >= 15 is 0 Å². The van der Waals surface area contributed by atoms with Crippen LogP contribution >= 0.6 is 0 Å². The first-order valence-electron chi connectivity index (χ1n) is 0. The maximum absolute atomic E-state index is 0. The van der Waals surface area contributed by atoms with Gasteiger partial charge in [0.1, 0.15) is 0 Å². The van der Waals surface area contributed by atoms with E-state index < -0.39 is 0 Å². The summed E-state index contributed by atoms with van der Waals surface area (Å²) in [6.07, 6.45) is 0. The molecule has 0 rings (SSSR count). The van der Waals surface area contributed by atoms with Crippen LogP contribution in [0.4, 0.5) is 0 Å². The minimum Gasteiger partial charge on any atom is -0.412 e. The molecule has 0 aromatic heterocycles. The molecule has 5 N–H and O–H groups in total. The smallest absolute Gasteiger partial charge is 0 e. The number of hydrogen-bond acceptors (Lipinski definition) is 1. The van der Waals surface area contributed by atoms with E-state index in [0.717, 1.165) is 0 Å². The zero-order valence-electron chi connectivity index (χ0n) is 1.65. The molecule has 29 valence electrons. The van der Waals surface area contributed by atoms with Gasteiger partial charge in [0.2, 0.25) is 0 Å². The van der Waals surface area contributed by atoms with E-state index in [1.807, 2.05) is 0 Å². The molecule has 0 amide bonds. The summed E-state index contributed by atoms with van der Waals surface area (Å²) in [7, 11) is 0. The minimum atomic E-state index is 0. The third-order valence-corrected chi connectivity index (χ3v) is 0. The van der Waals surface area contributed by atoms with Crippen molar-refractivity contribution in [3.05, 3.63) is 0 Å². The second kappa shape index (κ2) is 86.4. The van der Waals surface area contributed by atoms with Crippen LogP contribution in [0.2, 0.25) is 0 Å². The Kier molecular flexibility index (Phi) is 4700. The van der Waals surface area contributed by atoms with E-state index in [2.05, 4.69) is 0 Å². The van der Waals surface area contributed by atoms with E-state index in [4.69, 9.17) is 0 Å². The van der Waals surface area contributed by atoms with Crippen LogP contribution in [-0.4, -0.2) is 5.48 Å². The van der Waals surface area contributed by atoms with Gasteiger partial charge in [-0.05, 0) is 0 Å². The molecule has 0 saturated heterocycles. The Morgan fingerprint density at radius 2 is 1.00 bits per heavy atom. The summed E-state index contributed by atoms with van der Waals surface area (Å²) in [6.45, 7) is 0. The van der Waals surface area contributed by atoms with Gasteiger partial charge in [0.15, 0.2) is 0 Å². The van der Waals surface area contributed by atoms with Crippen molar-refractivity contribution < 1.29 is 24.0 Å². The molecular formula is CH9NOV. The number of hydrogen-bond donors (Lipinski definition) is 1. The van der Waals surface area contributed by atoms with Gasteiger partial charge >= 0.3 is 0 Å². The van der Waals surface area contributed by atoms with Gasteiger partial charge in [0.05, 0.1) is 0 Å². The van der Waals surface area contributed by atoms with Gasteiger partial charge in [-0.3, -0.25) is 0 Å². The third kappa shape index (κ3) is 22.3. The Labute approximate surface area is 38.4 Å². The maximum atomic E-state index is 0. The molecule has 0 aliphatic carbocycles. The van der Waals surface area contributed by atoms with Gasteiger partial charge in [0.25, 0.3) is 0 Å². The van der Waals surface area contributed by atoms with E-state index in [9.17, 15) is 0 Å². The average molecular weight is 102 g/mol. The Morgan fingerprint density at radius 3 is 1.00 bits per heavy atom. The quantitative estimate of drug-likeness (QED) is 0.458. The summed E-state index contributed by atoms with van der Waals surface area (Å²) in [5.41, 5.74) is 0. The van der Waals surface area contributed by atoms with Crippen molar-refractivity contribution >= 4 is 0 Å². The van der Waals surface area contributed by atoms with E-state index in [1.54, 1.807) is 0 Å². The third-order valence-electron chi connectivity index (χ3n) is 0. The van der Waals surface area contributed by atoms with Crippen LogP contribution in [0.25, 0.3) is 0 Å². The summed E-state index contributed by atoms with van der Waals surface area (Å²) < 4.78 is 0. The predicted octanol–water partition coefficient (Wildman–Crippen LogP) is -0.0291. The van der Waals surface area contributed by atoms with Crippen LogP contribution in [0, 0.1) is 0 Å². The molecule has 0 atom stereocenters. The van der Waals surface area contributed by atoms with Crippen LogP contribution in [0.3, 0.4) is 0 Å². The molecule has 0 aliphatic heterocycles. The van der Waals surface area contributed by atoms with Crippen LogP contribution in [0.5, 0.6) is 0 Å². The summed E-state index contributed by atoms with van der Waals surface area (Å²) in [5.74, 6) is 0. The fourth-order valence-electron chi connectivity index (χ4n) is 0. The number of rotatable bonds is 0. The molecule has 0 fully saturated rings. The van der Waals surface area contributed by atoms with Crippen molar-refractivity contribution in [2.75, 3.05) is 0 Å². The molecule has 3 heteroatoms. The van der Waals surface area contributed by atoms with Crippen LogP contribution in [0.1, 0.15) is 7.43 Å². The molecular weight excluding hydrogens is 93.0 g/mol. The van der Waals surface area contributed by atoms with Gasteiger partial charge in [0, 0.05) is 18.6 Å². The Balaban J connectivity index is 0. The standard InChI is InChI=1S/CH4.H3N.H2O.V/h1H4;1H3;1H2;. The zero-order chi connectivity index (χ0) is 0. The van der Waals surface area contributed by atoms with E-state index in [1.165, 1.54) is 0 Å². The Morgan fingerprint density at radius 1 is 1.00 bits per heavy atom. The van der Waals surface area contributed by atoms with Gasteiger partial charge in [-0.15, -0.1) is 0 Å². The van der Waals surface area contributed by atoms with Crippen molar-refractivity contribution in [2.45, 2.75) is 7.43 Å². The first-order valence-corrected chi connectivity index (χ1v) is 0. The van der Waals surface area contributed by atoms with Gasteiger partial charge in [-0.2, -0.15) is 0 Å². The molecule has 0 saturated carbocycles. The zero-order valence-corrected chi connectivity index (χ0v) is 3.05. The molecule has 0 spiro atoms. The van der Waals surface area contributed by atoms with Gasteiger partial charge in [-0.1, -0.05) is 7.43 Å². The van der Waals surface area contributed by atoms with Crippen molar-refractivity contribution in [2.24, 2.45) is 0 Å². The Hall–Kier alpha value is 0.504. The average Bonchev–Trinajstić information content (AvgIpc) is 0. The molecule has 0 aromatic rings. The topological polar surface area (TPSA) is 66.5 Å². The molecule has 0 aliphatic rings. The SMILES string of the molecule is C.N.O.[V]. The van der Waals surface area contributed by atoms with E-state index in [-0.39, 0.29) is 37.6 Å². The fraction of sp³-hybridized carbons (Fsp3) is 1.00. The van der Waals surface area contributed by atoms with E-state index in [0.29, 0.717) is 0 Å². The first-order chi connectivity index (χ1) is 0. The molecule has 0 bridgehead atoms. The molecule has 0 unspecified atom stereocenters. The molecule has 0 heterocycles. The summed E-state index contributed by atoms with van der Waals surface area (Å²) >= 11 is 0. The van der Waals surface area contributed by atoms with Gasteiger partial charge in [-0.25, -0.2) is 0 Å². The summed E-state index contributed by atoms with van der Waals surface area (Å²) in [4.78, 5) is 0.